The third-order valence-electron chi connectivity index (χ3n) is 5.33. The Bertz CT molecular complexity index is 734. The lowest BCUT2D eigenvalue weighted by Crippen LogP contribution is -2.39. The number of halogens is 1. The summed E-state index contributed by atoms with van der Waals surface area (Å²) in [4.78, 5) is 14.1. The van der Waals surface area contributed by atoms with Crippen LogP contribution in [0.5, 0.6) is 0 Å². The van der Waals surface area contributed by atoms with Gasteiger partial charge >= 0.3 is 0 Å². The lowest BCUT2D eigenvalue weighted by atomic mass is 9.97. The first-order valence-electron chi connectivity index (χ1n) is 10.2. The van der Waals surface area contributed by atoms with Crippen molar-refractivity contribution >= 4 is 41.3 Å². The molecule has 8 heteroatoms. The highest BCUT2D eigenvalue weighted by molar-refractivity contribution is 14.0. The van der Waals surface area contributed by atoms with Crippen molar-refractivity contribution in [3.05, 3.63) is 39.7 Å². The van der Waals surface area contributed by atoms with Gasteiger partial charge < -0.3 is 14.6 Å². The standard InChI is InChI=1S/C21H33N5OS.HI/c1-5-22-21(25(4)13-19-8-11-28-15-19)23-12-18-6-9-26(10-7-18)14-20-24-16(2)17(3)27-20;/h8,11,15,18H,5-7,9-10,12-14H2,1-4H3,(H,22,23);1H. The SMILES string of the molecule is CCNC(=NCC1CCN(Cc2nc(C)c(C)o2)CC1)N(C)Cc1ccsc1.I. The van der Waals surface area contributed by atoms with Gasteiger partial charge in [0.1, 0.15) is 5.76 Å². The molecule has 0 saturated carbocycles. The van der Waals surface area contributed by atoms with Crippen LogP contribution in [0, 0.1) is 19.8 Å². The van der Waals surface area contributed by atoms with Crippen LogP contribution < -0.4 is 5.32 Å². The zero-order valence-electron chi connectivity index (χ0n) is 18.0. The molecule has 0 radical (unpaired) electrons. The molecule has 0 atom stereocenters. The Morgan fingerprint density at radius 3 is 2.72 bits per heavy atom. The average molecular weight is 532 g/mol. The van der Waals surface area contributed by atoms with Crippen LogP contribution in [0.3, 0.4) is 0 Å². The van der Waals surface area contributed by atoms with Crippen molar-refractivity contribution in [1.82, 2.24) is 20.1 Å². The van der Waals surface area contributed by atoms with Crippen molar-refractivity contribution in [2.75, 3.05) is 33.2 Å². The fourth-order valence-corrected chi connectivity index (χ4v) is 4.20. The number of nitrogens with zero attached hydrogens (tertiary/aromatic N) is 4. The summed E-state index contributed by atoms with van der Waals surface area (Å²) in [5, 5.41) is 7.76. The number of aliphatic imine (C=N–C) groups is 1. The van der Waals surface area contributed by atoms with Gasteiger partial charge in [-0.1, -0.05) is 0 Å². The van der Waals surface area contributed by atoms with Crippen LogP contribution >= 0.6 is 35.3 Å². The van der Waals surface area contributed by atoms with Gasteiger partial charge in [0.25, 0.3) is 0 Å². The Labute approximate surface area is 195 Å². The van der Waals surface area contributed by atoms with E-state index in [1.165, 1.54) is 18.4 Å². The first-order chi connectivity index (χ1) is 13.5. The number of nitrogens with one attached hydrogen (secondary N) is 1. The second-order valence-electron chi connectivity index (χ2n) is 7.65. The summed E-state index contributed by atoms with van der Waals surface area (Å²) in [6.07, 6.45) is 2.35. The van der Waals surface area contributed by atoms with Crippen molar-refractivity contribution in [3.8, 4) is 0 Å². The summed E-state index contributed by atoms with van der Waals surface area (Å²) < 4.78 is 5.73. The molecule has 1 N–H and O–H groups in total. The molecular weight excluding hydrogens is 497 g/mol. The fourth-order valence-electron chi connectivity index (χ4n) is 3.54. The molecule has 1 saturated heterocycles. The first-order valence-corrected chi connectivity index (χ1v) is 11.1. The summed E-state index contributed by atoms with van der Waals surface area (Å²) in [5.74, 6) is 3.42. The minimum Gasteiger partial charge on any atom is -0.444 e. The monoisotopic (exact) mass is 531 g/mol. The fraction of sp³-hybridized carbons (Fsp3) is 0.619. The van der Waals surface area contributed by atoms with Gasteiger partial charge in [0.15, 0.2) is 5.96 Å². The molecule has 29 heavy (non-hydrogen) atoms. The maximum Gasteiger partial charge on any atom is 0.208 e. The predicted molar refractivity (Wildman–Crippen MR) is 131 cm³/mol. The Morgan fingerprint density at radius 2 is 2.14 bits per heavy atom. The van der Waals surface area contributed by atoms with Crippen LogP contribution in [0.25, 0.3) is 0 Å². The van der Waals surface area contributed by atoms with Gasteiger partial charge in [-0.05, 0) is 75.0 Å². The third-order valence-corrected chi connectivity index (χ3v) is 6.07. The minimum absolute atomic E-state index is 0. The molecule has 2 aromatic rings. The number of aryl methyl sites for hydroxylation is 2. The number of likely N-dealkylation sites (tertiary alicyclic amines) is 1. The van der Waals surface area contributed by atoms with Crippen molar-refractivity contribution < 1.29 is 4.42 Å². The van der Waals surface area contributed by atoms with Gasteiger partial charge in [-0.3, -0.25) is 9.89 Å². The molecule has 1 aliphatic rings. The Kier molecular flexibility index (Phi) is 9.91. The summed E-state index contributed by atoms with van der Waals surface area (Å²) in [5.41, 5.74) is 2.34. The Morgan fingerprint density at radius 1 is 1.38 bits per heavy atom. The van der Waals surface area contributed by atoms with E-state index in [0.717, 1.165) is 62.6 Å². The van der Waals surface area contributed by atoms with E-state index in [-0.39, 0.29) is 24.0 Å². The summed E-state index contributed by atoms with van der Waals surface area (Å²) in [7, 11) is 2.11. The topological polar surface area (TPSA) is 56.9 Å². The molecule has 0 aliphatic carbocycles. The predicted octanol–water partition coefficient (Wildman–Crippen LogP) is 4.28. The highest BCUT2D eigenvalue weighted by atomic mass is 127. The summed E-state index contributed by atoms with van der Waals surface area (Å²) in [6.45, 7) is 11.8. The smallest absolute Gasteiger partial charge is 0.208 e. The maximum absolute atomic E-state index is 5.73. The van der Waals surface area contributed by atoms with Gasteiger partial charge in [0, 0.05) is 26.7 Å². The molecule has 3 rings (SSSR count). The van der Waals surface area contributed by atoms with Crippen LogP contribution in [0.4, 0.5) is 0 Å². The number of aromatic nitrogens is 1. The van der Waals surface area contributed by atoms with E-state index < -0.39 is 0 Å². The van der Waals surface area contributed by atoms with Crippen LogP contribution in [-0.2, 0) is 13.1 Å². The minimum atomic E-state index is 0. The van der Waals surface area contributed by atoms with Gasteiger partial charge in [-0.15, -0.1) is 24.0 Å². The molecule has 2 aromatic heterocycles. The van der Waals surface area contributed by atoms with Gasteiger partial charge in [0.2, 0.25) is 5.89 Å². The number of piperidine rings is 1. The summed E-state index contributed by atoms with van der Waals surface area (Å²) >= 11 is 1.74. The third kappa shape index (κ3) is 7.25. The zero-order valence-corrected chi connectivity index (χ0v) is 21.1. The second-order valence-corrected chi connectivity index (χ2v) is 8.43. The molecule has 0 aromatic carbocycles. The number of guanidine groups is 1. The van der Waals surface area contributed by atoms with Crippen molar-refractivity contribution in [2.24, 2.45) is 10.9 Å². The van der Waals surface area contributed by atoms with Crippen LogP contribution in [0.1, 0.15) is 42.7 Å². The Hall–Kier alpha value is -1.13. The van der Waals surface area contributed by atoms with E-state index in [0.29, 0.717) is 5.92 Å². The summed E-state index contributed by atoms with van der Waals surface area (Å²) in [6, 6.07) is 2.18. The van der Waals surface area contributed by atoms with Gasteiger partial charge in [-0.25, -0.2) is 4.98 Å². The highest BCUT2D eigenvalue weighted by Crippen LogP contribution is 2.20. The Balaban J connectivity index is 0.00000300. The van der Waals surface area contributed by atoms with Crippen LogP contribution in [-0.4, -0.2) is 54.0 Å². The molecule has 0 unspecified atom stereocenters. The maximum atomic E-state index is 5.73. The molecule has 0 spiro atoms. The molecule has 1 aliphatic heterocycles. The van der Waals surface area contributed by atoms with E-state index in [2.05, 4.69) is 50.9 Å². The zero-order chi connectivity index (χ0) is 19.9. The van der Waals surface area contributed by atoms with Crippen LogP contribution in [0.15, 0.2) is 26.2 Å². The van der Waals surface area contributed by atoms with E-state index >= 15 is 0 Å². The molecule has 3 heterocycles. The van der Waals surface area contributed by atoms with E-state index in [1.807, 2.05) is 13.8 Å². The number of hydrogen-bond acceptors (Lipinski definition) is 5. The normalized spacial score (nSPS) is 15.9. The molecule has 0 amide bonds. The number of thiophene rings is 1. The number of rotatable bonds is 7. The van der Waals surface area contributed by atoms with E-state index in [9.17, 15) is 0 Å². The van der Waals surface area contributed by atoms with Crippen molar-refractivity contribution in [2.45, 2.75) is 46.7 Å². The van der Waals surface area contributed by atoms with Gasteiger partial charge in [-0.2, -0.15) is 11.3 Å². The number of hydrogen-bond donors (Lipinski definition) is 1. The van der Waals surface area contributed by atoms with Crippen molar-refractivity contribution in [3.63, 3.8) is 0 Å². The quantitative estimate of drug-likeness (QED) is 0.329. The van der Waals surface area contributed by atoms with Crippen LogP contribution in [0.2, 0.25) is 0 Å². The van der Waals surface area contributed by atoms with Gasteiger partial charge in [0.05, 0.1) is 12.2 Å². The molecule has 0 bridgehead atoms. The first kappa shape index (κ1) is 24.1. The lowest BCUT2D eigenvalue weighted by Gasteiger charge is -2.30. The highest BCUT2D eigenvalue weighted by Gasteiger charge is 2.21. The second kappa shape index (κ2) is 11.9. The molecule has 162 valence electrons. The number of oxazole rings is 1. The van der Waals surface area contributed by atoms with Crippen molar-refractivity contribution in [1.29, 1.82) is 0 Å². The largest absolute Gasteiger partial charge is 0.444 e. The average Bonchev–Trinajstić information content (AvgIpc) is 3.29. The lowest BCUT2D eigenvalue weighted by molar-refractivity contribution is 0.166. The van der Waals surface area contributed by atoms with E-state index in [1.54, 1.807) is 11.3 Å². The molecule has 1 fully saturated rings. The molecular formula is C21H34IN5OS. The van der Waals surface area contributed by atoms with E-state index in [4.69, 9.17) is 9.41 Å². The molecule has 6 nitrogen and oxygen atoms in total.